The SMILES string of the molecule is Cc1c(CNC2CCCCCC2C)cnn1C. The summed E-state index contributed by atoms with van der Waals surface area (Å²) >= 11 is 0. The van der Waals surface area contributed by atoms with Crippen LogP contribution in [0.25, 0.3) is 0 Å². The van der Waals surface area contributed by atoms with Crippen molar-refractivity contribution >= 4 is 0 Å². The second-order valence-corrected chi connectivity index (χ2v) is 5.48. The lowest BCUT2D eigenvalue weighted by molar-refractivity contribution is 0.356. The minimum Gasteiger partial charge on any atom is -0.310 e. The van der Waals surface area contributed by atoms with E-state index in [1.54, 1.807) is 0 Å². The molecule has 1 fully saturated rings. The quantitative estimate of drug-likeness (QED) is 0.816. The zero-order valence-electron chi connectivity index (χ0n) is 11.4. The molecule has 3 nitrogen and oxygen atoms in total. The lowest BCUT2D eigenvalue weighted by Crippen LogP contribution is -2.33. The fourth-order valence-electron chi connectivity index (χ4n) is 2.76. The molecule has 0 bridgehead atoms. The standard InChI is InChI=1S/C14H25N3/c1-11-7-5-4-6-8-14(11)15-9-13-10-16-17(3)12(13)2/h10-11,14-15H,4-9H2,1-3H3. The van der Waals surface area contributed by atoms with E-state index < -0.39 is 0 Å². The van der Waals surface area contributed by atoms with Crippen LogP contribution in [0.4, 0.5) is 0 Å². The van der Waals surface area contributed by atoms with E-state index in [-0.39, 0.29) is 0 Å². The van der Waals surface area contributed by atoms with Crippen molar-refractivity contribution in [1.82, 2.24) is 15.1 Å². The van der Waals surface area contributed by atoms with Gasteiger partial charge in [0.25, 0.3) is 0 Å². The monoisotopic (exact) mass is 235 g/mol. The van der Waals surface area contributed by atoms with Gasteiger partial charge in [-0.25, -0.2) is 0 Å². The molecule has 96 valence electrons. The summed E-state index contributed by atoms with van der Waals surface area (Å²) in [4.78, 5) is 0. The fraction of sp³-hybridized carbons (Fsp3) is 0.786. The molecule has 3 heteroatoms. The number of rotatable bonds is 3. The Hall–Kier alpha value is -0.830. The first-order chi connectivity index (χ1) is 8.18. The average Bonchev–Trinajstić information content (AvgIpc) is 2.53. The highest BCUT2D eigenvalue weighted by atomic mass is 15.3. The number of aromatic nitrogens is 2. The van der Waals surface area contributed by atoms with E-state index in [0.29, 0.717) is 6.04 Å². The fourth-order valence-corrected chi connectivity index (χ4v) is 2.76. The van der Waals surface area contributed by atoms with Gasteiger partial charge in [-0.15, -0.1) is 0 Å². The molecule has 2 atom stereocenters. The highest BCUT2D eigenvalue weighted by Gasteiger charge is 2.19. The molecule has 17 heavy (non-hydrogen) atoms. The van der Waals surface area contributed by atoms with Gasteiger partial charge in [0, 0.05) is 30.9 Å². The Morgan fingerprint density at radius 1 is 1.35 bits per heavy atom. The summed E-state index contributed by atoms with van der Waals surface area (Å²) in [5.74, 6) is 0.814. The summed E-state index contributed by atoms with van der Waals surface area (Å²) in [5.41, 5.74) is 2.61. The summed E-state index contributed by atoms with van der Waals surface area (Å²) in [6, 6.07) is 0.692. The Balaban J connectivity index is 1.90. The van der Waals surface area contributed by atoms with Gasteiger partial charge in [0.2, 0.25) is 0 Å². The molecule has 2 rings (SSSR count). The summed E-state index contributed by atoms with van der Waals surface area (Å²) in [6.07, 6.45) is 8.90. The van der Waals surface area contributed by atoms with Gasteiger partial charge in [0.15, 0.2) is 0 Å². The maximum Gasteiger partial charge on any atom is 0.0537 e. The highest BCUT2D eigenvalue weighted by Crippen LogP contribution is 2.23. The minimum absolute atomic E-state index is 0.692. The van der Waals surface area contributed by atoms with Crippen molar-refractivity contribution in [2.45, 2.75) is 58.5 Å². The van der Waals surface area contributed by atoms with Crippen molar-refractivity contribution in [3.05, 3.63) is 17.5 Å². The third-order valence-corrected chi connectivity index (χ3v) is 4.25. The predicted molar refractivity (Wildman–Crippen MR) is 70.8 cm³/mol. The normalized spacial score (nSPS) is 25.8. The number of hydrogen-bond acceptors (Lipinski definition) is 2. The molecular weight excluding hydrogens is 210 g/mol. The zero-order valence-corrected chi connectivity index (χ0v) is 11.4. The van der Waals surface area contributed by atoms with Crippen molar-refractivity contribution in [1.29, 1.82) is 0 Å². The molecule has 0 saturated heterocycles. The van der Waals surface area contributed by atoms with E-state index in [1.807, 2.05) is 17.9 Å². The number of nitrogens with one attached hydrogen (secondary N) is 1. The molecule has 0 aliphatic heterocycles. The van der Waals surface area contributed by atoms with Crippen molar-refractivity contribution < 1.29 is 0 Å². The van der Waals surface area contributed by atoms with Crippen LogP contribution in [0.3, 0.4) is 0 Å². The molecule has 0 spiro atoms. The number of aryl methyl sites for hydroxylation is 1. The van der Waals surface area contributed by atoms with Crippen LogP contribution in [-0.4, -0.2) is 15.8 Å². The second kappa shape index (κ2) is 5.67. The van der Waals surface area contributed by atoms with E-state index in [2.05, 4.69) is 24.3 Å². The Bertz CT molecular complexity index is 356. The van der Waals surface area contributed by atoms with Crippen LogP contribution in [0.15, 0.2) is 6.20 Å². The summed E-state index contributed by atoms with van der Waals surface area (Å²) in [5, 5.41) is 8.02. The van der Waals surface area contributed by atoms with Crippen LogP contribution in [0.1, 0.15) is 50.3 Å². The van der Waals surface area contributed by atoms with Gasteiger partial charge >= 0.3 is 0 Å². The van der Waals surface area contributed by atoms with Crippen molar-refractivity contribution in [3.8, 4) is 0 Å². The topological polar surface area (TPSA) is 29.9 Å². The lowest BCUT2D eigenvalue weighted by atomic mass is 9.97. The second-order valence-electron chi connectivity index (χ2n) is 5.48. The lowest BCUT2D eigenvalue weighted by Gasteiger charge is -2.22. The minimum atomic E-state index is 0.692. The molecular formula is C14H25N3. The molecule has 0 aromatic carbocycles. The van der Waals surface area contributed by atoms with Gasteiger partial charge in [-0.2, -0.15) is 5.10 Å². The van der Waals surface area contributed by atoms with Gasteiger partial charge in [-0.1, -0.05) is 26.2 Å². The van der Waals surface area contributed by atoms with E-state index in [9.17, 15) is 0 Å². The molecule has 0 radical (unpaired) electrons. The van der Waals surface area contributed by atoms with Crippen molar-refractivity contribution in [2.24, 2.45) is 13.0 Å². The number of nitrogens with zero attached hydrogens (tertiary/aromatic N) is 2. The largest absolute Gasteiger partial charge is 0.310 e. The summed E-state index contributed by atoms with van der Waals surface area (Å²) in [7, 11) is 2.01. The molecule has 2 unspecified atom stereocenters. The first kappa shape index (κ1) is 12.6. The van der Waals surface area contributed by atoms with Crippen molar-refractivity contribution in [2.75, 3.05) is 0 Å². The van der Waals surface area contributed by atoms with Crippen LogP contribution >= 0.6 is 0 Å². The Kier molecular flexibility index (Phi) is 4.21. The van der Waals surface area contributed by atoms with Crippen molar-refractivity contribution in [3.63, 3.8) is 0 Å². The van der Waals surface area contributed by atoms with Gasteiger partial charge < -0.3 is 5.32 Å². The van der Waals surface area contributed by atoms with Gasteiger partial charge in [0.1, 0.15) is 0 Å². The Morgan fingerprint density at radius 3 is 2.82 bits per heavy atom. The third kappa shape index (κ3) is 3.09. The smallest absolute Gasteiger partial charge is 0.0537 e. The Labute approximate surface area is 105 Å². The zero-order chi connectivity index (χ0) is 12.3. The molecule has 1 aliphatic carbocycles. The van der Waals surface area contributed by atoms with Crippen LogP contribution in [0, 0.1) is 12.8 Å². The van der Waals surface area contributed by atoms with Gasteiger partial charge in [-0.3, -0.25) is 4.68 Å². The summed E-state index contributed by atoms with van der Waals surface area (Å²) < 4.78 is 1.95. The maximum atomic E-state index is 4.29. The molecule has 1 aliphatic rings. The van der Waals surface area contributed by atoms with Crippen LogP contribution in [0.2, 0.25) is 0 Å². The molecule has 0 amide bonds. The van der Waals surface area contributed by atoms with Crippen LogP contribution < -0.4 is 5.32 Å². The first-order valence-electron chi connectivity index (χ1n) is 6.89. The number of hydrogen-bond donors (Lipinski definition) is 1. The highest BCUT2D eigenvalue weighted by molar-refractivity contribution is 5.15. The molecule has 1 N–H and O–H groups in total. The molecule has 1 aromatic heterocycles. The van der Waals surface area contributed by atoms with E-state index in [0.717, 1.165) is 12.5 Å². The van der Waals surface area contributed by atoms with Gasteiger partial charge in [0.05, 0.1) is 6.20 Å². The third-order valence-electron chi connectivity index (χ3n) is 4.25. The van der Waals surface area contributed by atoms with E-state index in [1.165, 1.54) is 43.4 Å². The molecule has 1 heterocycles. The Morgan fingerprint density at radius 2 is 2.12 bits per heavy atom. The maximum absolute atomic E-state index is 4.29. The molecule has 1 saturated carbocycles. The average molecular weight is 235 g/mol. The van der Waals surface area contributed by atoms with E-state index >= 15 is 0 Å². The van der Waals surface area contributed by atoms with Crippen LogP contribution in [0.5, 0.6) is 0 Å². The molecule has 1 aromatic rings. The summed E-state index contributed by atoms with van der Waals surface area (Å²) in [6.45, 7) is 5.49. The predicted octanol–water partition coefficient (Wildman–Crippen LogP) is 2.79. The van der Waals surface area contributed by atoms with E-state index in [4.69, 9.17) is 0 Å². The van der Waals surface area contributed by atoms with Gasteiger partial charge in [-0.05, 0) is 25.7 Å². The van der Waals surface area contributed by atoms with Crippen LogP contribution in [-0.2, 0) is 13.6 Å². The first-order valence-corrected chi connectivity index (χ1v) is 6.89.